The number of nitrogens with zero attached hydrogens (tertiary/aromatic N) is 2. The van der Waals surface area contributed by atoms with Crippen molar-refractivity contribution in [3.05, 3.63) is 60.3 Å². The summed E-state index contributed by atoms with van der Waals surface area (Å²) in [6.07, 6.45) is -1.31. The van der Waals surface area contributed by atoms with E-state index in [1.54, 1.807) is 55.0 Å². The average Bonchev–Trinajstić information content (AvgIpc) is 3.16. The number of rotatable bonds is 7. The molecule has 0 bridgehead atoms. The minimum Gasteiger partial charge on any atom is -0.612 e. The second kappa shape index (κ2) is 9.80. The molecule has 0 aliphatic carbocycles. The molecule has 31 heavy (non-hydrogen) atoms. The number of halogens is 3. The molecule has 1 aromatic heterocycles. The van der Waals surface area contributed by atoms with Crippen LogP contribution in [0.2, 0.25) is 0 Å². The molecule has 10 heteroatoms. The van der Waals surface area contributed by atoms with Gasteiger partial charge in [-0.05, 0) is 46.3 Å². The maximum atomic E-state index is 13.2. The fourth-order valence-electron chi connectivity index (χ4n) is 2.89. The van der Waals surface area contributed by atoms with E-state index in [1.165, 1.54) is 11.8 Å². The zero-order chi connectivity index (χ0) is 22.6. The summed E-state index contributed by atoms with van der Waals surface area (Å²) in [6.45, 7) is -0.432. The van der Waals surface area contributed by atoms with Gasteiger partial charge >= 0.3 is 12.1 Å². The number of thioether (sulfide) groups is 1. The molecule has 164 valence electrons. The maximum absolute atomic E-state index is 13.2. The monoisotopic (exact) mass is 468 g/mol. The summed E-state index contributed by atoms with van der Waals surface area (Å²) in [4.78, 5) is 12.6. The molecule has 0 N–H and O–H groups in total. The second-order valence-electron chi connectivity index (χ2n) is 6.55. The predicted molar refractivity (Wildman–Crippen MR) is 115 cm³/mol. The van der Waals surface area contributed by atoms with Crippen LogP contribution in [0, 0.1) is 0 Å². The molecule has 1 heterocycles. The third-order valence-corrected chi connectivity index (χ3v) is 5.64. The Morgan fingerprint density at radius 3 is 2.42 bits per heavy atom. The zero-order valence-electron chi connectivity index (χ0n) is 16.7. The smallest absolute Gasteiger partial charge is 0.435 e. The van der Waals surface area contributed by atoms with Crippen LogP contribution >= 0.6 is 11.8 Å². The van der Waals surface area contributed by atoms with Gasteiger partial charge in [0.1, 0.15) is 18.7 Å². The molecular formula is C21H19F3N2O3S2. The molecule has 1 unspecified atom stereocenters. The summed E-state index contributed by atoms with van der Waals surface area (Å²) < 4.78 is 57.3. The van der Waals surface area contributed by atoms with Gasteiger partial charge in [-0.1, -0.05) is 36.4 Å². The number of benzene rings is 2. The van der Waals surface area contributed by atoms with Crippen molar-refractivity contribution in [1.29, 1.82) is 0 Å². The van der Waals surface area contributed by atoms with Crippen LogP contribution in [0.15, 0.2) is 59.5 Å². The molecule has 2 aromatic carbocycles. The van der Waals surface area contributed by atoms with Crippen molar-refractivity contribution in [2.45, 2.75) is 17.6 Å². The number of alkyl halides is 3. The molecular weight excluding hydrogens is 449 g/mol. The minimum absolute atomic E-state index is 0.109. The van der Waals surface area contributed by atoms with E-state index in [0.717, 1.165) is 21.9 Å². The molecule has 0 saturated carbocycles. The van der Waals surface area contributed by atoms with Crippen molar-refractivity contribution in [2.24, 2.45) is 0 Å². The molecule has 0 fully saturated rings. The van der Waals surface area contributed by atoms with E-state index >= 15 is 0 Å². The summed E-state index contributed by atoms with van der Waals surface area (Å²) in [7, 11) is 0. The third kappa shape index (κ3) is 5.84. The van der Waals surface area contributed by atoms with Crippen LogP contribution in [0.3, 0.4) is 0 Å². The number of ether oxygens (including phenoxy) is 1. The normalized spacial score (nSPS) is 12.6. The van der Waals surface area contributed by atoms with Gasteiger partial charge in [0.15, 0.2) is 10.6 Å². The number of hydrogen-bond donors (Lipinski definition) is 0. The first-order valence-electron chi connectivity index (χ1n) is 9.03. The molecule has 0 spiro atoms. The largest absolute Gasteiger partial charge is 0.612 e. The molecule has 0 aliphatic heterocycles. The summed E-state index contributed by atoms with van der Waals surface area (Å²) in [5.74, 6) is -0.564. The Morgan fingerprint density at radius 2 is 1.81 bits per heavy atom. The van der Waals surface area contributed by atoms with Gasteiger partial charge < -0.3 is 9.29 Å². The highest BCUT2D eigenvalue weighted by atomic mass is 32.2. The Bertz CT molecular complexity index is 1050. The lowest BCUT2D eigenvalue weighted by atomic mass is 10.0. The number of carbonyl (C=O) groups is 1. The van der Waals surface area contributed by atoms with Gasteiger partial charge in [-0.2, -0.15) is 18.3 Å². The van der Waals surface area contributed by atoms with Gasteiger partial charge in [-0.25, -0.2) is 0 Å². The molecule has 1 atom stereocenters. The summed E-state index contributed by atoms with van der Waals surface area (Å²) in [5.41, 5.74) is 1.20. The number of hydrogen-bond acceptors (Lipinski definition) is 5. The fraction of sp³-hybridized carbons (Fsp3) is 0.238. The standard InChI is InChI=1S/C21H19F3N2O3S2/c1-30-13-29-20(27)12-26-18(11-19(25-26)21(22,23)24)15-8-6-14(7-9-15)16-4-3-5-17(10-16)31(2)28/h3-11H,12-13H2,1-2H3. The van der Waals surface area contributed by atoms with Crippen LogP contribution < -0.4 is 0 Å². The Kier molecular flexibility index (Phi) is 7.34. The average molecular weight is 469 g/mol. The summed E-state index contributed by atoms with van der Waals surface area (Å²) >= 11 is 0.153. The van der Waals surface area contributed by atoms with E-state index in [1.807, 2.05) is 6.07 Å². The number of aromatic nitrogens is 2. The Hall–Kier alpha value is -2.43. The van der Waals surface area contributed by atoms with E-state index < -0.39 is 35.6 Å². The van der Waals surface area contributed by atoms with E-state index in [9.17, 15) is 22.5 Å². The maximum Gasteiger partial charge on any atom is 0.435 e. The molecule has 3 aromatic rings. The van der Waals surface area contributed by atoms with Crippen LogP contribution in [-0.4, -0.2) is 38.8 Å². The lowest BCUT2D eigenvalue weighted by Crippen LogP contribution is -2.16. The first-order valence-corrected chi connectivity index (χ1v) is 12.0. The summed E-state index contributed by atoms with van der Waals surface area (Å²) in [6, 6.07) is 15.0. The number of carbonyl (C=O) groups excluding carboxylic acids is 1. The first kappa shape index (κ1) is 23.2. The highest BCUT2D eigenvalue weighted by molar-refractivity contribution is 7.98. The van der Waals surface area contributed by atoms with Gasteiger partial charge in [0, 0.05) is 6.07 Å². The van der Waals surface area contributed by atoms with Crippen molar-refractivity contribution in [2.75, 3.05) is 18.5 Å². The molecule has 0 saturated heterocycles. The van der Waals surface area contributed by atoms with Crippen molar-refractivity contribution in [3.8, 4) is 22.4 Å². The van der Waals surface area contributed by atoms with Gasteiger partial charge in [-0.3, -0.25) is 9.48 Å². The number of esters is 1. The zero-order valence-corrected chi connectivity index (χ0v) is 18.3. The Balaban J connectivity index is 1.93. The van der Waals surface area contributed by atoms with E-state index in [-0.39, 0.29) is 11.6 Å². The first-order chi connectivity index (χ1) is 14.7. The van der Waals surface area contributed by atoms with E-state index in [2.05, 4.69) is 5.10 Å². The van der Waals surface area contributed by atoms with Gasteiger partial charge in [-0.15, -0.1) is 11.8 Å². The van der Waals surface area contributed by atoms with Crippen LogP contribution in [0.4, 0.5) is 13.2 Å². The van der Waals surface area contributed by atoms with Crippen molar-refractivity contribution >= 4 is 28.9 Å². The van der Waals surface area contributed by atoms with Crippen LogP contribution in [0.5, 0.6) is 0 Å². The molecule has 0 radical (unpaired) electrons. The predicted octanol–water partition coefficient (Wildman–Crippen LogP) is 4.84. The lowest BCUT2D eigenvalue weighted by molar-refractivity contribution is -0.144. The highest BCUT2D eigenvalue weighted by Crippen LogP contribution is 2.33. The van der Waals surface area contributed by atoms with Gasteiger partial charge in [0.05, 0.1) is 5.69 Å². The van der Waals surface area contributed by atoms with Gasteiger partial charge in [0.2, 0.25) is 0 Å². The molecule has 0 aliphatic rings. The third-order valence-electron chi connectivity index (χ3n) is 4.37. The van der Waals surface area contributed by atoms with Crippen LogP contribution in [-0.2, 0) is 33.4 Å². The summed E-state index contributed by atoms with van der Waals surface area (Å²) in [5, 5.41) is 3.57. The van der Waals surface area contributed by atoms with Crippen molar-refractivity contribution < 1.29 is 27.3 Å². The second-order valence-corrected chi connectivity index (χ2v) is 8.75. The quantitative estimate of drug-likeness (QED) is 0.282. The fourth-order valence-corrected chi connectivity index (χ4v) is 3.70. The van der Waals surface area contributed by atoms with E-state index in [0.29, 0.717) is 10.5 Å². The van der Waals surface area contributed by atoms with E-state index in [4.69, 9.17) is 4.74 Å². The van der Waals surface area contributed by atoms with Crippen molar-refractivity contribution in [3.63, 3.8) is 0 Å². The van der Waals surface area contributed by atoms with Crippen LogP contribution in [0.25, 0.3) is 22.4 Å². The lowest BCUT2D eigenvalue weighted by Gasteiger charge is -2.09. The van der Waals surface area contributed by atoms with Gasteiger partial charge in [0.25, 0.3) is 0 Å². The SMILES string of the molecule is CSCOC(=O)Cn1nc(C(F)(F)F)cc1-c1ccc(-c2cccc([S+](C)[O-])c2)cc1. The Morgan fingerprint density at radius 1 is 1.13 bits per heavy atom. The molecule has 5 nitrogen and oxygen atoms in total. The molecule has 0 amide bonds. The Labute approximate surface area is 184 Å². The van der Waals surface area contributed by atoms with Crippen LogP contribution in [0.1, 0.15) is 5.69 Å². The highest BCUT2D eigenvalue weighted by Gasteiger charge is 2.35. The molecule has 3 rings (SSSR count). The topological polar surface area (TPSA) is 67.2 Å². The van der Waals surface area contributed by atoms with Crippen molar-refractivity contribution in [1.82, 2.24) is 9.78 Å². The minimum atomic E-state index is -4.64.